The maximum absolute atomic E-state index is 9.63. The van der Waals surface area contributed by atoms with E-state index in [1.807, 2.05) is 32.0 Å². The average molecular weight is 254 g/mol. The predicted molar refractivity (Wildman–Crippen MR) is 70.5 cm³/mol. The Balaban J connectivity index is 2.58. The molecule has 0 amide bonds. The Morgan fingerprint density at radius 3 is 2.83 bits per heavy atom. The number of aryl methyl sites for hydroxylation is 1. The molecule has 0 aliphatic carbocycles. The van der Waals surface area contributed by atoms with E-state index in [0.717, 1.165) is 17.3 Å². The van der Waals surface area contributed by atoms with Crippen molar-refractivity contribution in [2.24, 2.45) is 0 Å². The molecule has 1 aromatic rings. The summed E-state index contributed by atoms with van der Waals surface area (Å²) in [6.07, 6.45) is -0.492. The number of ether oxygens (including phenoxy) is 1. The summed E-state index contributed by atoms with van der Waals surface area (Å²) in [5.41, 5.74) is 0.926. The molecule has 1 atom stereocenters. The largest absolute Gasteiger partial charge is 0.389 e. The van der Waals surface area contributed by atoms with E-state index in [-0.39, 0.29) is 0 Å². The van der Waals surface area contributed by atoms with Gasteiger partial charge in [-0.1, -0.05) is 0 Å². The lowest BCUT2D eigenvalue weighted by molar-refractivity contribution is 0.0414. The first-order valence-corrected chi connectivity index (χ1v) is 5.93. The molecule has 1 heterocycles. The number of aromatic nitrogens is 2. The Labute approximate surface area is 108 Å². The fraction of sp³-hybridized carbons (Fsp3) is 0.667. The molecule has 6 nitrogen and oxygen atoms in total. The minimum Gasteiger partial charge on any atom is -0.389 e. The molecule has 1 aromatic heterocycles. The van der Waals surface area contributed by atoms with Crippen LogP contribution in [0.25, 0.3) is 0 Å². The van der Waals surface area contributed by atoms with Gasteiger partial charge in [0.25, 0.3) is 0 Å². The Hall–Kier alpha value is -1.24. The Morgan fingerprint density at radius 1 is 1.50 bits per heavy atom. The van der Waals surface area contributed by atoms with Crippen LogP contribution in [0.15, 0.2) is 6.07 Å². The molecule has 0 aromatic carbocycles. The van der Waals surface area contributed by atoms with Crippen LogP contribution < -0.4 is 5.32 Å². The first-order chi connectivity index (χ1) is 8.55. The molecule has 102 valence electrons. The van der Waals surface area contributed by atoms with E-state index < -0.39 is 6.10 Å². The van der Waals surface area contributed by atoms with Crippen molar-refractivity contribution in [1.29, 1.82) is 0 Å². The van der Waals surface area contributed by atoms with Crippen LogP contribution in [-0.4, -0.2) is 60.4 Å². The first kappa shape index (κ1) is 14.8. The lowest BCUT2D eigenvalue weighted by Crippen LogP contribution is -2.32. The number of aliphatic hydroxyl groups excluding tert-OH is 1. The van der Waals surface area contributed by atoms with Gasteiger partial charge in [0, 0.05) is 32.5 Å². The maximum atomic E-state index is 9.63. The summed E-state index contributed by atoms with van der Waals surface area (Å²) in [5.74, 6) is 1.55. The van der Waals surface area contributed by atoms with Crippen molar-refractivity contribution < 1.29 is 9.84 Å². The third kappa shape index (κ3) is 4.95. The topological polar surface area (TPSA) is 70.5 Å². The van der Waals surface area contributed by atoms with Gasteiger partial charge in [0.2, 0.25) is 0 Å². The summed E-state index contributed by atoms with van der Waals surface area (Å²) < 4.78 is 4.89. The SMILES string of the molecule is CNc1cc(C)nc(CN(C)CC(O)COC)n1. The van der Waals surface area contributed by atoms with Crippen molar-refractivity contribution in [2.45, 2.75) is 19.6 Å². The molecule has 0 saturated carbocycles. The molecule has 0 fully saturated rings. The second kappa shape index (κ2) is 7.25. The van der Waals surface area contributed by atoms with Crippen molar-refractivity contribution in [3.05, 3.63) is 17.6 Å². The number of methoxy groups -OCH3 is 1. The fourth-order valence-corrected chi connectivity index (χ4v) is 1.74. The molecule has 18 heavy (non-hydrogen) atoms. The highest BCUT2D eigenvalue weighted by Crippen LogP contribution is 2.07. The van der Waals surface area contributed by atoms with Crippen molar-refractivity contribution in [2.75, 3.05) is 39.7 Å². The Bertz CT molecular complexity index is 373. The van der Waals surface area contributed by atoms with E-state index in [2.05, 4.69) is 15.3 Å². The van der Waals surface area contributed by atoms with Crippen LogP contribution in [0.2, 0.25) is 0 Å². The lowest BCUT2D eigenvalue weighted by Gasteiger charge is -2.19. The fourth-order valence-electron chi connectivity index (χ4n) is 1.74. The molecular weight excluding hydrogens is 232 g/mol. The molecular formula is C12H22N4O2. The van der Waals surface area contributed by atoms with Gasteiger partial charge in [0.1, 0.15) is 11.6 Å². The predicted octanol–water partition coefficient (Wildman–Crippen LogP) is 0.266. The van der Waals surface area contributed by atoms with E-state index in [4.69, 9.17) is 4.74 Å². The summed E-state index contributed by atoms with van der Waals surface area (Å²) in [6.45, 7) is 3.39. The van der Waals surface area contributed by atoms with Crippen molar-refractivity contribution in [3.63, 3.8) is 0 Å². The van der Waals surface area contributed by atoms with E-state index >= 15 is 0 Å². The van der Waals surface area contributed by atoms with Crippen molar-refractivity contribution >= 4 is 5.82 Å². The highest BCUT2D eigenvalue weighted by molar-refractivity contribution is 5.34. The minimum atomic E-state index is -0.492. The van der Waals surface area contributed by atoms with Crippen molar-refractivity contribution in [1.82, 2.24) is 14.9 Å². The average Bonchev–Trinajstić information content (AvgIpc) is 2.27. The number of anilines is 1. The van der Waals surface area contributed by atoms with E-state index in [9.17, 15) is 5.11 Å². The Kier molecular flexibility index (Phi) is 5.97. The molecule has 1 unspecified atom stereocenters. The summed E-state index contributed by atoms with van der Waals surface area (Å²) >= 11 is 0. The standard InChI is InChI=1S/C12H22N4O2/c1-9-5-11(13-2)15-12(14-9)7-16(3)6-10(17)8-18-4/h5,10,17H,6-8H2,1-4H3,(H,13,14,15). The van der Waals surface area contributed by atoms with Gasteiger partial charge in [-0.05, 0) is 14.0 Å². The van der Waals surface area contributed by atoms with Gasteiger partial charge in [-0.25, -0.2) is 9.97 Å². The molecule has 0 radical (unpaired) electrons. The Morgan fingerprint density at radius 2 is 2.22 bits per heavy atom. The molecule has 2 N–H and O–H groups in total. The van der Waals surface area contributed by atoms with E-state index in [1.54, 1.807) is 7.11 Å². The smallest absolute Gasteiger partial charge is 0.144 e. The second-order valence-corrected chi connectivity index (χ2v) is 4.37. The molecule has 0 bridgehead atoms. The van der Waals surface area contributed by atoms with Crippen LogP contribution in [0.3, 0.4) is 0 Å². The molecule has 0 saturated heterocycles. The third-order valence-corrected chi connectivity index (χ3v) is 2.45. The van der Waals surface area contributed by atoms with E-state index in [1.165, 1.54) is 0 Å². The number of aliphatic hydroxyl groups is 1. The van der Waals surface area contributed by atoms with Gasteiger partial charge < -0.3 is 15.2 Å². The number of rotatable bonds is 7. The number of nitrogens with zero attached hydrogens (tertiary/aromatic N) is 3. The summed E-state index contributed by atoms with van der Waals surface area (Å²) in [7, 11) is 5.33. The summed E-state index contributed by atoms with van der Waals surface area (Å²) in [5, 5.41) is 12.6. The van der Waals surface area contributed by atoms with Gasteiger partial charge in [0.15, 0.2) is 0 Å². The lowest BCUT2D eigenvalue weighted by atomic mass is 10.3. The molecule has 0 aliphatic rings. The number of hydrogen-bond acceptors (Lipinski definition) is 6. The quantitative estimate of drug-likeness (QED) is 0.727. The number of nitrogens with one attached hydrogen (secondary N) is 1. The van der Waals surface area contributed by atoms with E-state index in [0.29, 0.717) is 19.7 Å². The van der Waals surface area contributed by atoms with Crippen LogP contribution in [0.5, 0.6) is 0 Å². The zero-order chi connectivity index (χ0) is 13.5. The van der Waals surface area contributed by atoms with Crippen LogP contribution >= 0.6 is 0 Å². The van der Waals surface area contributed by atoms with Gasteiger partial charge in [-0.3, -0.25) is 4.90 Å². The second-order valence-electron chi connectivity index (χ2n) is 4.37. The summed E-state index contributed by atoms with van der Waals surface area (Å²) in [4.78, 5) is 10.7. The van der Waals surface area contributed by atoms with Crippen LogP contribution in [0, 0.1) is 6.92 Å². The maximum Gasteiger partial charge on any atom is 0.144 e. The molecule has 0 aliphatic heterocycles. The van der Waals surface area contributed by atoms with Gasteiger partial charge >= 0.3 is 0 Å². The van der Waals surface area contributed by atoms with Crippen LogP contribution in [-0.2, 0) is 11.3 Å². The normalized spacial score (nSPS) is 12.8. The van der Waals surface area contributed by atoms with Gasteiger partial charge in [0.05, 0.1) is 19.3 Å². The van der Waals surface area contributed by atoms with Crippen LogP contribution in [0.1, 0.15) is 11.5 Å². The molecule has 0 spiro atoms. The van der Waals surface area contributed by atoms with Gasteiger partial charge in [-0.2, -0.15) is 0 Å². The highest BCUT2D eigenvalue weighted by atomic mass is 16.5. The molecule has 6 heteroatoms. The third-order valence-electron chi connectivity index (χ3n) is 2.45. The number of likely N-dealkylation sites (N-methyl/N-ethyl adjacent to an activating group) is 1. The minimum absolute atomic E-state index is 0.334. The highest BCUT2D eigenvalue weighted by Gasteiger charge is 2.10. The van der Waals surface area contributed by atoms with Gasteiger partial charge in [-0.15, -0.1) is 0 Å². The summed E-state index contributed by atoms with van der Waals surface area (Å²) in [6, 6.07) is 1.89. The van der Waals surface area contributed by atoms with Crippen LogP contribution in [0.4, 0.5) is 5.82 Å². The zero-order valence-corrected chi connectivity index (χ0v) is 11.5. The number of hydrogen-bond donors (Lipinski definition) is 2. The van der Waals surface area contributed by atoms with Crippen molar-refractivity contribution in [3.8, 4) is 0 Å². The first-order valence-electron chi connectivity index (χ1n) is 5.93. The molecule has 1 rings (SSSR count). The zero-order valence-electron chi connectivity index (χ0n) is 11.5. The monoisotopic (exact) mass is 254 g/mol.